The number of amides is 2. The summed E-state index contributed by atoms with van der Waals surface area (Å²) in [5.41, 5.74) is 4.54. The molecule has 0 heterocycles. The summed E-state index contributed by atoms with van der Waals surface area (Å²) in [7, 11) is 3.67. The Kier molecular flexibility index (Phi) is 8.06. The fourth-order valence-electron chi connectivity index (χ4n) is 3.94. The van der Waals surface area contributed by atoms with E-state index in [1.54, 1.807) is 6.92 Å². The van der Waals surface area contributed by atoms with E-state index in [9.17, 15) is 19.5 Å². The average Bonchev–Trinajstić information content (AvgIpc) is 3.12. The largest absolute Gasteiger partial charge is 0.480 e. The minimum absolute atomic E-state index is 0.0442. The lowest BCUT2D eigenvalue weighted by atomic mass is 9.98. The van der Waals surface area contributed by atoms with Gasteiger partial charge in [0.25, 0.3) is 0 Å². The molecule has 0 saturated heterocycles. The van der Waals surface area contributed by atoms with Crippen molar-refractivity contribution in [1.29, 1.82) is 0 Å². The van der Waals surface area contributed by atoms with Crippen LogP contribution in [0.3, 0.4) is 0 Å². The Morgan fingerprint density at radius 2 is 1.61 bits per heavy atom. The Hall–Kier alpha value is -3.39. The summed E-state index contributed by atoms with van der Waals surface area (Å²) in [4.78, 5) is 37.9. The fraction of sp³-hybridized carbons (Fsp3) is 0.400. The topological polar surface area (TPSA) is 108 Å². The Morgan fingerprint density at radius 3 is 2.15 bits per heavy atom. The zero-order valence-corrected chi connectivity index (χ0v) is 19.2. The van der Waals surface area contributed by atoms with E-state index in [0.717, 1.165) is 22.3 Å². The van der Waals surface area contributed by atoms with Gasteiger partial charge >= 0.3 is 12.1 Å². The van der Waals surface area contributed by atoms with Gasteiger partial charge < -0.3 is 25.4 Å². The minimum atomic E-state index is -1.08. The van der Waals surface area contributed by atoms with Crippen LogP contribution >= 0.6 is 0 Å². The second-order valence-corrected chi connectivity index (χ2v) is 8.60. The summed E-state index contributed by atoms with van der Waals surface area (Å²) < 4.78 is 5.47. The van der Waals surface area contributed by atoms with Crippen molar-refractivity contribution < 1.29 is 24.2 Å². The monoisotopic (exact) mass is 453 g/mol. The molecule has 3 N–H and O–H groups in total. The zero-order valence-electron chi connectivity index (χ0n) is 19.2. The number of hydrogen-bond acceptors (Lipinski definition) is 5. The second kappa shape index (κ2) is 11.0. The second-order valence-electron chi connectivity index (χ2n) is 8.60. The molecule has 2 aromatic rings. The van der Waals surface area contributed by atoms with Crippen molar-refractivity contribution in [2.24, 2.45) is 5.92 Å². The first-order chi connectivity index (χ1) is 15.8. The molecule has 2 atom stereocenters. The van der Waals surface area contributed by atoms with Crippen LogP contribution < -0.4 is 10.6 Å². The number of carbonyl (C=O) groups excluding carboxylic acids is 2. The third-order valence-corrected chi connectivity index (χ3v) is 5.82. The summed E-state index contributed by atoms with van der Waals surface area (Å²) >= 11 is 0. The van der Waals surface area contributed by atoms with Gasteiger partial charge in [-0.3, -0.25) is 4.79 Å². The first kappa shape index (κ1) is 24.3. The van der Waals surface area contributed by atoms with Gasteiger partial charge in [0.05, 0.1) is 5.92 Å². The van der Waals surface area contributed by atoms with Crippen molar-refractivity contribution in [3.8, 4) is 11.1 Å². The van der Waals surface area contributed by atoms with Crippen molar-refractivity contribution in [1.82, 2.24) is 15.5 Å². The van der Waals surface area contributed by atoms with Gasteiger partial charge in [0.1, 0.15) is 12.6 Å². The summed E-state index contributed by atoms with van der Waals surface area (Å²) in [5, 5.41) is 14.5. The van der Waals surface area contributed by atoms with Crippen LogP contribution in [0.2, 0.25) is 0 Å². The van der Waals surface area contributed by atoms with Crippen LogP contribution in [0.4, 0.5) is 4.79 Å². The number of alkyl carbamates (subject to hydrolysis) is 1. The standard InChI is InChI=1S/C25H31N3O5/c1-16(23(29)27-22(24(30)31)12-13-28(2)3)14-26-25(32)33-15-21-19-10-6-4-8-17(19)18-9-5-7-11-20(18)21/h4-11,16,21-22H,12-15H2,1-3H3,(H,26,32)(H,27,29)(H,30,31). The van der Waals surface area contributed by atoms with E-state index >= 15 is 0 Å². The summed E-state index contributed by atoms with van der Waals surface area (Å²) in [6.07, 6.45) is -0.320. The number of carboxylic acid groups (broad SMARTS) is 1. The Balaban J connectivity index is 1.49. The van der Waals surface area contributed by atoms with Crippen LogP contribution in [0.5, 0.6) is 0 Å². The molecule has 0 aliphatic heterocycles. The van der Waals surface area contributed by atoms with Crippen molar-refractivity contribution in [2.75, 3.05) is 33.8 Å². The molecular formula is C25H31N3O5. The number of ether oxygens (including phenoxy) is 1. The SMILES string of the molecule is CC(CNC(=O)OCC1c2ccccc2-c2ccccc21)C(=O)NC(CCN(C)C)C(=O)O. The highest BCUT2D eigenvalue weighted by Gasteiger charge is 2.29. The van der Waals surface area contributed by atoms with Gasteiger partial charge in [0.15, 0.2) is 0 Å². The predicted octanol–water partition coefficient (Wildman–Crippen LogP) is 2.68. The first-order valence-corrected chi connectivity index (χ1v) is 11.0. The predicted molar refractivity (Wildman–Crippen MR) is 125 cm³/mol. The highest BCUT2D eigenvalue weighted by atomic mass is 16.5. The molecule has 1 aliphatic carbocycles. The smallest absolute Gasteiger partial charge is 0.407 e. The number of rotatable bonds is 10. The molecule has 2 aromatic carbocycles. The molecule has 3 rings (SSSR count). The number of aliphatic carboxylic acids is 1. The van der Waals surface area contributed by atoms with Crippen molar-refractivity contribution in [3.63, 3.8) is 0 Å². The molecule has 8 nitrogen and oxygen atoms in total. The zero-order chi connectivity index (χ0) is 24.0. The number of nitrogens with zero attached hydrogens (tertiary/aromatic N) is 1. The molecule has 0 spiro atoms. The van der Waals surface area contributed by atoms with Crippen molar-refractivity contribution in [3.05, 3.63) is 59.7 Å². The maximum Gasteiger partial charge on any atom is 0.407 e. The van der Waals surface area contributed by atoms with Crippen LogP contribution in [0.25, 0.3) is 11.1 Å². The van der Waals surface area contributed by atoms with E-state index in [0.29, 0.717) is 13.0 Å². The highest BCUT2D eigenvalue weighted by Crippen LogP contribution is 2.44. The highest BCUT2D eigenvalue weighted by molar-refractivity contribution is 5.85. The summed E-state index contributed by atoms with van der Waals surface area (Å²) in [6.45, 7) is 2.39. The van der Waals surface area contributed by atoms with Gasteiger partial charge in [0, 0.05) is 19.0 Å². The molecule has 0 aromatic heterocycles. The van der Waals surface area contributed by atoms with E-state index in [1.807, 2.05) is 55.4 Å². The van der Waals surface area contributed by atoms with Gasteiger partial charge in [-0.25, -0.2) is 9.59 Å². The number of benzene rings is 2. The van der Waals surface area contributed by atoms with Crippen LogP contribution in [0.15, 0.2) is 48.5 Å². The third kappa shape index (κ3) is 6.10. The molecule has 0 radical (unpaired) electrons. The number of nitrogens with one attached hydrogen (secondary N) is 2. The van der Waals surface area contributed by atoms with Gasteiger partial charge in [-0.05, 0) is 42.8 Å². The van der Waals surface area contributed by atoms with E-state index in [2.05, 4.69) is 22.8 Å². The summed E-state index contributed by atoms with van der Waals surface area (Å²) in [6, 6.07) is 15.2. The molecule has 33 heavy (non-hydrogen) atoms. The Bertz CT molecular complexity index is 962. The van der Waals surface area contributed by atoms with Crippen molar-refractivity contribution >= 4 is 18.0 Å². The average molecular weight is 454 g/mol. The summed E-state index contributed by atoms with van der Waals surface area (Å²) in [5.74, 6) is -2.16. The van der Waals surface area contributed by atoms with Crippen LogP contribution in [-0.2, 0) is 14.3 Å². The normalized spacial score (nSPS) is 14.2. The van der Waals surface area contributed by atoms with Gasteiger partial charge in [-0.2, -0.15) is 0 Å². The van der Waals surface area contributed by atoms with Crippen LogP contribution in [0, 0.1) is 5.92 Å². The number of hydrogen-bond donors (Lipinski definition) is 3. The lowest BCUT2D eigenvalue weighted by Crippen LogP contribution is -2.46. The lowest BCUT2D eigenvalue weighted by Gasteiger charge is -2.20. The maximum absolute atomic E-state index is 12.4. The molecule has 1 aliphatic rings. The molecule has 8 heteroatoms. The lowest BCUT2D eigenvalue weighted by molar-refractivity contribution is -0.142. The Morgan fingerprint density at radius 1 is 1.03 bits per heavy atom. The molecule has 2 amide bonds. The van der Waals surface area contributed by atoms with E-state index in [4.69, 9.17) is 4.74 Å². The molecule has 2 unspecified atom stereocenters. The quantitative estimate of drug-likeness (QED) is 0.511. The van der Waals surface area contributed by atoms with E-state index in [-0.39, 0.29) is 19.1 Å². The molecule has 0 saturated carbocycles. The first-order valence-electron chi connectivity index (χ1n) is 11.0. The fourth-order valence-corrected chi connectivity index (χ4v) is 3.94. The molecule has 176 valence electrons. The number of carboxylic acids is 1. The van der Waals surface area contributed by atoms with Gasteiger partial charge in [-0.15, -0.1) is 0 Å². The molecule has 0 bridgehead atoms. The molecule has 0 fully saturated rings. The van der Waals surface area contributed by atoms with Crippen LogP contribution in [-0.4, -0.2) is 67.8 Å². The maximum atomic E-state index is 12.4. The van der Waals surface area contributed by atoms with Crippen molar-refractivity contribution in [2.45, 2.75) is 25.3 Å². The minimum Gasteiger partial charge on any atom is -0.480 e. The van der Waals surface area contributed by atoms with Crippen LogP contribution in [0.1, 0.15) is 30.4 Å². The number of carbonyl (C=O) groups is 3. The van der Waals surface area contributed by atoms with E-state index < -0.39 is 29.9 Å². The third-order valence-electron chi connectivity index (χ3n) is 5.82. The molecular weight excluding hydrogens is 422 g/mol. The number of fused-ring (bicyclic) bond motifs is 3. The van der Waals surface area contributed by atoms with Gasteiger partial charge in [0.2, 0.25) is 5.91 Å². The Labute approximate surface area is 193 Å². The van der Waals surface area contributed by atoms with E-state index in [1.165, 1.54) is 0 Å². The van der Waals surface area contributed by atoms with Gasteiger partial charge in [-0.1, -0.05) is 55.5 Å².